The van der Waals surface area contributed by atoms with Gasteiger partial charge in [-0.3, -0.25) is 4.79 Å². The zero-order chi connectivity index (χ0) is 14.5. The third-order valence-electron chi connectivity index (χ3n) is 2.92. The van der Waals surface area contributed by atoms with Gasteiger partial charge in [0.1, 0.15) is 5.76 Å². The Hall–Kier alpha value is -2.08. The molecule has 2 rings (SSSR count). The largest absolute Gasteiger partial charge is 0.459 e. The predicted molar refractivity (Wildman–Crippen MR) is 72.0 cm³/mol. The Morgan fingerprint density at radius 3 is 3.00 bits per heavy atom. The molecule has 0 aromatic carbocycles. The molecular formula is C14H18N2O4. The van der Waals surface area contributed by atoms with Crippen LogP contribution in [0.3, 0.4) is 0 Å². The maximum absolute atomic E-state index is 11.8. The third-order valence-corrected chi connectivity index (χ3v) is 2.92. The average Bonchev–Trinajstić information content (AvgIpc) is 3.00. The van der Waals surface area contributed by atoms with E-state index in [-0.39, 0.29) is 25.0 Å². The van der Waals surface area contributed by atoms with E-state index in [4.69, 9.17) is 13.9 Å². The highest BCUT2D eigenvalue weighted by Crippen LogP contribution is 2.22. The van der Waals surface area contributed by atoms with E-state index in [1.165, 1.54) is 6.26 Å². The van der Waals surface area contributed by atoms with Crippen LogP contribution < -0.4 is 5.32 Å². The minimum atomic E-state index is -0.145. The molecule has 2 N–H and O–H groups in total. The van der Waals surface area contributed by atoms with Crippen LogP contribution >= 0.6 is 0 Å². The Labute approximate surface area is 116 Å². The standard InChI is InChI=1S/C14H18N2O4/c1-9(5-6-17)15-13(18)8-11-10(2)20-14(16-11)12-4-3-7-19-12/h3-4,7,9,17H,5-6,8H2,1-2H3,(H,15,18). The van der Waals surface area contributed by atoms with Gasteiger partial charge < -0.3 is 19.3 Å². The Morgan fingerprint density at radius 2 is 2.35 bits per heavy atom. The normalized spacial score (nSPS) is 12.3. The number of furan rings is 1. The van der Waals surface area contributed by atoms with E-state index in [0.29, 0.717) is 29.5 Å². The van der Waals surface area contributed by atoms with Crippen molar-refractivity contribution in [1.82, 2.24) is 10.3 Å². The summed E-state index contributed by atoms with van der Waals surface area (Å²) in [6.45, 7) is 3.66. The molecule has 0 aliphatic carbocycles. The zero-order valence-corrected chi connectivity index (χ0v) is 11.5. The van der Waals surface area contributed by atoms with Crippen molar-refractivity contribution < 1.29 is 18.7 Å². The summed E-state index contributed by atoms with van der Waals surface area (Å²) in [5, 5.41) is 11.6. The summed E-state index contributed by atoms with van der Waals surface area (Å²) >= 11 is 0. The minimum Gasteiger partial charge on any atom is -0.459 e. The van der Waals surface area contributed by atoms with Gasteiger partial charge in [-0.15, -0.1) is 0 Å². The maximum atomic E-state index is 11.8. The molecule has 0 aliphatic heterocycles. The predicted octanol–water partition coefficient (Wildman–Crippen LogP) is 1.67. The zero-order valence-electron chi connectivity index (χ0n) is 11.5. The molecule has 0 fully saturated rings. The summed E-state index contributed by atoms with van der Waals surface area (Å²) in [5.41, 5.74) is 0.588. The highest BCUT2D eigenvalue weighted by atomic mass is 16.4. The van der Waals surface area contributed by atoms with Crippen molar-refractivity contribution in [2.24, 2.45) is 0 Å². The molecule has 2 heterocycles. The number of aromatic nitrogens is 1. The molecule has 0 bridgehead atoms. The molecule has 2 aromatic heterocycles. The number of oxazole rings is 1. The summed E-state index contributed by atoms with van der Waals surface area (Å²) in [5.74, 6) is 1.36. The van der Waals surface area contributed by atoms with E-state index >= 15 is 0 Å². The van der Waals surface area contributed by atoms with Crippen molar-refractivity contribution in [2.45, 2.75) is 32.7 Å². The molecular weight excluding hydrogens is 260 g/mol. The topological polar surface area (TPSA) is 88.5 Å². The van der Waals surface area contributed by atoms with Gasteiger partial charge in [0.25, 0.3) is 5.89 Å². The second-order valence-corrected chi connectivity index (χ2v) is 4.66. The average molecular weight is 278 g/mol. The van der Waals surface area contributed by atoms with Crippen molar-refractivity contribution in [3.8, 4) is 11.7 Å². The van der Waals surface area contributed by atoms with Gasteiger partial charge in [0.05, 0.1) is 18.4 Å². The van der Waals surface area contributed by atoms with Gasteiger partial charge in [-0.1, -0.05) is 0 Å². The molecule has 0 saturated heterocycles. The lowest BCUT2D eigenvalue weighted by Gasteiger charge is -2.11. The minimum absolute atomic E-state index is 0.0487. The van der Waals surface area contributed by atoms with Crippen molar-refractivity contribution >= 4 is 5.91 Å². The van der Waals surface area contributed by atoms with E-state index in [1.54, 1.807) is 19.1 Å². The molecule has 2 aromatic rings. The highest BCUT2D eigenvalue weighted by Gasteiger charge is 2.16. The molecule has 0 saturated carbocycles. The van der Waals surface area contributed by atoms with Crippen LogP contribution in [0.25, 0.3) is 11.7 Å². The second-order valence-electron chi connectivity index (χ2n) is 4.66. The first-order chi connectivity index (χ1) is 9.60. The van der Waals surface area contributed by atoms with Gasteiger partial charge in [0, 0.05) is 12.6 Å². The Balaban J connectivity index is 2.01. The van der Waals surface area contributed by atoms with E-state index < -0.39 is 0 Å². The lowest BCUT2D eigenvalue weighted by atomic mass is 10.2. The van der Waals surface area contributed by atoms with Crippen LogP contribution in [0.15, 0.2) is 27.2 Å². The van der Waals surface area contributed by atoms with Crippen LogP contribution in [0.5, 0.6) is 0 Å². The maximum Gasteiger partial charge on any atom is 0.263 e. The van der Waals surface area contributed by atoms with Crippen LogP contribution in [0.1, 0.15) is 24.8 Å². The first-order valence-corrected chi connectivity index (χ1v) is 6.50. The molecule has 20 heavy (non-hydrogen) atoms. The first kappa shape index (κ1) is 14.3. The summed E-state index contributed by atoms with van der Waals surface area (Å²) in [6.07, 6.45) is 2.21. The van der Waals surface area contributed by atoms with Gasteiger partial charge in [-0.2, -0.15) is 0 Å². The van der Waals surface area contributed by atoms with Crippen molar-refractivity contribution in [3.05, 3.63) is 29.9 Å². The van der Waals surface area contributed by atoms with Gasteiger partial charge in [-0.25, -0.2) is 4.98 Å². The summed E-state index contributed by atoms with van der Waals surface area (Å²) in [6, 6.07) is 3.43. The van der Waals surface area contributed by atoms with Crippen LogP contribution in [-0.2, 0) is 11.2 Å². The van der Waals surface area contributed by atoms with Crippen molar-refractivity contribution in [2.75, 3.05) is 6.61 Å². The van der Waals surface area contributed by atoms with E-state index in [0.717, 1.165) is 0 Å². The second kappa shape index (κ2) is 6.38. The highest BCUT2D eigenvalue weighted by molar-refractivity contribution is 5.78. The van der Waals surface area contributed by atoms with E-state index in [1.807, 2.05) is 6.92 Å². The number of aliphatic hydroxyl groups is 1. The van der Waals surface area contributed by atoms with Gasteiger partial charge in [0.15, 0.2) is 5.76 Å². The quantitative estimate of drug-likeness (QED) is 0.839. The molecule has 1 unspecified atom stereocenters. The first-order valence-electron chi connectivity index (χ1n) is 6.50. The molecule has 0 spiro atoms. The van der Waals surface area contributed by atoms with Gasteiger partial charge in [0.2, 0.25) is 5.91 Å². The number of carbonyl (C=O) groups is 1. The summed E-state index contributed by atoms with van der Waals surface area (Å²) in [4.78, 5) is 16.1. The van der Waals surface area contributed by atoms with Gasteiger partial charge in [-0.05, 0) is 32.4 Å². The monoisotopic (exact) mass is 278 g/mol. The number of aryl methyl sites for hydroxylation is 1. The van der Waals surface area contributed by atoms with Crippen LogP contribution in [0.4, 0.5) is 0 Å². The number of rotatable bonds is 6. The number of nitrogens with zero attached hydrogens (tertiary/aromatic N) is 1. The molecule has 1 amide bonds. The smallest absolute Gasteiger partial charge is 0.263 e. The van der Waals surface area contributed by atoms with E-state index in [2.05, 4.69) is 10.3 Å². The Morgan fingerprint density at radius 1 is 1.55 bits per heavy atom. The Kier molecular flexibility index (Phi) is 4.57. The molecule has 0 radical (unpaired) electrons. The van der Waals surface area contributed by atoms with Crippen LogP contribution in [0, 0.1) is 6.92 Å². The van der Waals surface area contributed by atoms with Crippen LogP contribution in [0.2, 0.25) is 0 Å². The lowest BCUT2D eigenvalue weighted by molar-refractivity contribution is -0.121. The lowest BCUT2D eigenvalue weighted by Crippen LogP contribution is -2.34. The number of hydrogen-bond donors (Lipinski definition) is 2. The summed E-state index contributed by atoms with van der Waals surface area (Å²) in [7, 11) is 0. The van der Waals surface area contributed by atoms with E-state index in [9.17, 15) is 4.79 Å². The van der Waals surface area contributed by atoms with Crippen LogP contribution in [-0.4, -0.2) is 28.6 Å². The fourth-order valence-electron chi connectivity index (χ4n) is 1.84. The Bertz CT molecular complexity index is 560. The molecule has 6 heteroatoms. The molecule has 0 aliphatic rings. The number of nitrogens with one attached hydrogen (secondary N) is 1. The number of carbonyl (C=O) groups excluding carboxylic acids is 1. The third kappa shape index (κ3) is 3.48. The number of hydrogen-bond acceptors (Lipinski definition) is 5. The fourth-order valence-corrected chi connectivity index (χ4v) is 1.84. The fraction of sp³-hybridized carbons (Fsp3) is 0.429. The molecule has 6 nitrogen and oxygen atoms in total. The van der Waals surface area contributed by atoms with Crippen molar-refractivity contribution in [3.63, 3.8) is 0 Å². The number of amides is 1. The van der Waals surface area contributed by atoms with Gasteiger partial charge >= 0.3 is 0 Å². The number of aliphatic hydroxyl groups excluding tert-OH is 1. The van der Waals surface area contributed by atoms with Crippen molar-refractivity contribution in [1.29, 1.82) is 0 Å². The SMILES string of the molecule is Cc1oc(-c2ccco2)nc1CC(=O)NC(C)CCO. The molecule has 1 atom stereocenters. The summed E-state index contributed by atoms with van der Waals surface area (Å²) < 4.78 is 10.7. The molecule has 108 valence electrons.